The van der Waals surface area contributed by atoms with E-state index in [1.54, 1.807) is 50.6 Å². The fraction of sp³-hybridized carbons (Fsp3) is 0.250. The number of fused-ring (bicyclic) bond motifs is 1. The van der Waals surface area contributed by atoms with E-state index in [1.807, 2.05) is 12.1 Å². The Kier molecular flexibility index (Phi) is 6.02. The molecule has 0 spiro atoms. The number of pyridine rings is 1. The number of ether oxygens (including phenoxy) is 3. The van der Waals surface area contributed by atoms with Crippen LogP contribution in [0.2, 0.25) is 0 Å². The maximum Gasteiger partial charge on any atom is 0.339 e. The van der Waals surface area contributed by atoms with Crippen molar-refractivity contribution < 1.29 is 28.6 Å². The molecule has 0 radical (unpaired) electrons. The van der Waals surface area contributed by atoms with Crippen LogP contribution in [0.15, 0.2) is 48.5 Å². The van der Waals surface area contributed by atoms with Gasteiger partial charge < -0.3 is 14.2 Å². The maximum atomic E-state index is 12.9. The Morgan fingerprint density at radius 1 is 1.03 bits per heavy atom. The van der Waals surface area contributed by atoms with E-state index < -0.39 is 18.5 Å². The van der Waals surface area contributed by atoms with Gasteiger partial charge in [-0.05, 0) is 36.8 Å². The highest BCUT2D eigenvalue weighted by Crippen LogP contribution is 2.33. The number of esters is 1. The van der Waals surface area contributed by atoms with Crippen molar-refractivity contribution in [1.82, 2.24) is 9.88 Å². The monoisotopic (exact) mass is 434 g/mol. The number of likely N-dealkylation sites (tertiary alicyclic amines) is 1. The molecule has 0 unspecified atom stereocenters. The zero-order valence-corrected chi connectivity index (χ0v) is 17.8. The predicted molar refractivity (Wildman–Crippen MR) is 117 cm³/mol. The Labute approximate surface area is 184 Å². The van der Waals surface area contributed by atoms with Gasteiger partial charge in [-0.2, -0.15) is 0 Å². The Balaban J connectivity index is 1.66. The highest BCUT2D eigenvalue weighted by atomic mass is 16.5. The van der Waals surface area contributed by atoms with Crippen LogP contribution in [0, 0.1) is 0 Å². The number of imide groups is 1. The lowest BCUT2D eigenvalue weighted by molar-refractivity contribution is -0.143. The molecule has 3 aromatic rings. The van der Waals surface area contributed by atoms with E-state index in [0.29, 0.717) is 47.5 Å². The van der Waals surface area contributed by atoms with Crippen LogP contribution in [0.1, 0.15) is 23.2 Å². The van der Waals surface area contributed by atoms with Crippen molar-refractivity contribution in [2.24, 2.45) is 0 Å². The Morgan fingerprint density at radius 3 is 2.53 bits per heavy atom. The summed E-state index contributed by atoms with van der Waals surface area (Å²) >= 11 is 0. The molecule has 2 heterocycles. The molecule has 2 amide bonds. The van der Waals surface area contributed by atoms with Crippen LogP contribution in [0.25, 0.3) is 22.2 Å². The van der Waals surface area contributed by atoms with E-state index in [9.17, 15) is 14.4 Å². The third kappa shape index (κ3) is 4.12. The summed E-state index contributed by atoms with van der Waals surface area (Å²) in [6.07, 6.45) is 0.964. The second-order valence-corrected chi connectivity index (χ2v) is 7.26. The Morgan fingerprint density at radius 2 is 1.81 bits per heavy atom. The molecule has 0 N–H and O–H groups in total. The van der Waals surface area contributed by atoms with Crippen molar-refractivity contribution in [3.8, 4) is 22.8 Å². The van der Waals surface area contributed by atoms with Gasteiger partial charge in [-0.15, -0.1) is 0 Å². The van der Waals surface area contributed by atoms with Crippen molar-refractivity contribution in [3.05, 3.63) is 54.1 Å². The molecule has 1 aromatic heterocycles. The van der Waals surface area contributed by atoms with Crippen LogP contribution in [0.3, 0.4) is 0 Å². The summed E-state index contributed by atoms with van der Waals surface area (Å²) in [7, 11) is 3.09. The quantitative estimate of drug-likeness (QED) is 0.550. The van der Waals surface area contributed by atoms with Gasteiger partial charge in [-0.1, -0.05) is 18.2 Å². The van der Waals surface area contributed by atoms with E-state index in [0.717, 1.165) is 10.5 Å². The van der Waals surface area contributed by atoms with Gasteiger partial charge >= 0.3 is 5.97 Å². The van der Waals surface area contributed by atoms with Crippen molar-refractivity contribution >= 4 is 28.7 Å². The number of hydrogen-bond donors (Lipinski definition) is 0. The third-order valence-corrected chi connectivity index (χ3v) is 5.32. The Hall–Kier alpha value is -3.94. The molecule has 1 aliphatic heterocycles. The van der Waals surface area contributed by atoms with Gasteiger partial charge in [0.2, 0.25) is 5.91 Å². The zero-order chi connectivity index (χ0) is 22.7. The lowest BCUT2D eigenvalue weighted by Crippen LogP contribution is -2.35. The van der Waals surface area contributed by atoms with Gasteiger partial charge in [-0.3, -0.25) is 14.5 Å². The number of benzene rings is 2. The number of nitrogens with zero attached hydrogens (tertiary/aromatic N) is 2. The fourth-order valence-corrected chi connectivity index (χ4v) is 3.68. The minimum absolute atomic E-state index is 0.240. The molecule has 2 aromatic carbocycles. The van der Waals surface area contributed by atoms with E-state index in [4.69, 9.17) is 14.2 Å². The minimum Gasteiger partial charge on any atom is -0.493 e. The summed E-state index contributed by atoms with van der Waals surface area (Å²) in [4.78, 5) is 42.7. The normalized spacial score (nSPS) is 13.3. The van der Waals surface area contributed by atoms with Crippen LogP contribution in [-0.2, 0) is 14.3 Å². The molecule has 0 atom stereocenters. The molecule has 0 saturated carbocycles. The first-order valence-electron chi connectivity index (χ1n) is 10.1. The number of carbonyl (C=O) groups is 3. The molecule has 8 heteroatoms. The molecule has 8 nitrogen and oxygen atoms in total. The minimum atomic E-state index is -0.662. The number of amides is 2. The summed E-state index contributed by atoms with van der Waals surface area (Å²) < 4.78 is 15.9. The lowest BCUT2D eigenvalue weighted by Gasteiger charge is -2.14. The van der Waals surface area contributed by atoms with E-state index in [1.165, 1.54) is 0 Å². The largest absolute Gasteiger partial charge is 0.493 e. The van der Waals surface area contributed by atoms with Gasteiger partial charge in [0.25, 0.3) is 5.91 Å². The Bertz CT molecular complexity index is 1210. The number of hydrogen-bond acceptors (Lipinski definition) is 7. The van der Waals surface area contributed by atoms with Crippen molar-refractivity contribution in [3.63, 3.8) is 0 Å². The number of para-hydroxylation sites is 1. The number of aromatic nitrogens is 1. The first-order valence-corrected chi connectivity index (χ1v) is 10.1. The van der Waals surface area contributed by atoms with Crippen LogP contribution < -0.4 is 9.47 Å². The van der Waals surface area contributed by atoms with Gasteiger partial charge in [0.15, 0.2) is 18.1 Å². The summed E-state index contributed by atoms with van der Waals surface area (Å²) in [6.45, 7) is -0.135. The fourth-order valence-electron chi connectivity index (χ4n) is 3.68. The van der Waals surface area contributed by atoms with E-state index in [-0.39, 0.29) is 11.5 Å². The summed E-state index contributed by atoms with van der Waals surface area (Å²) in [5, 5.41) is 0.603. The smallest absolute Gasteiger partial charge is 0.339 e. The van der Waals surface area contributed by atoms with Crippen LogP contribution in [-0.4, -0.2) is 55.0 Å². The molecule has 32 heavy (non-hydrogen) atoms. The van der Waals surface area contributed by atoms with Crippen molar-refractivity contribution in [2.45, 2.75) is 12.8 Å². The maximum absolute atomic E-state index is 12.9. The summed E-state index contributed by atoms with van der Waals surface area (Å²) in [5.41, 5.74) is 2.15. The molecule has 1 saturated heterocycles. The first-order chi connectivity index (χ1) is 15.5. The standard InChI is InChI=1S/C24H22N2O6/c1-30-20-10-9-15(12-21(20)31-2)19-13-17(16-6-3-4-7-18(16)25-19)24(29)32-14-23(28)26-11-5-8-22(26)27/h3-4,6-7,9-10,12-13H,5,8,11,14H2,1-2H3. The average molecular weight is 434 g/mol. The molecular weight excluding hydrogens is 412 g/mol. The number of carbonyl (C=O) groups excluding carboxylic acids is 3. The molecule has 164 valence electrons. The molecule has 1 fully saturated rings. The van der Waals surface area contributed by atoms with Gasteiger partial charge in [0, 0.05) is 23.9 Å². The lowest BCUT2D eigenvalue weighted by atomic mass is 10.0. The van der Waals surface area contributed by atoms with Gasteiger partial charge in [0.05, 0.1) is 31.0 Å². The van der Waals surface area contributed by atoms with E-state index >= 15 is 0 Å². The molecule has 1 aliphatic rings. The second-order valence-electron chi connectivity index (χ2n) is 7.26. The summed E-state index contributed by atoms with van der Waals surface area (Å²) in [5.74, 6) is -0.308. The highest BCUT2D eigenvalue weighted by molar-refractivity contribution is 6.05. The predicted octanol–water partition coefficient (Wildman–Crippen LogP) is 3.22. The molecule has 0 bridgehead atoms. The van der Waals surface area contributed by atoms with Gasteiger partial charge in [-0.25, -0.2) is 9.78 Å². The van der Waals surface area contributed by atoms with Crippen LogP contribution in [0.5, 0.6) is 11.5 Å². The van der Waals surface area contributed by atoms with Gasteiger partial charge in [0.1, 0.15) is 0 Å². The number of rotatable bonds is 6. The SMILES string of the molecule is COc1ccc(-c2cc(C(=O)OCC(=O)N3CCCC3=O)c3ccccc3n2)cc1OC. The second kappa shape index (κ2) is 9.05. The topological polar surface area (TPSA) is 95.0 Å². The first kappa shape index (κ1) is 21.3. The van der Waals surface area contributed by atoms with Crippen LogP contribution in [0.4, 0.5) is 0 Å². The molecule has 4 rings (SSSR count). The van der Waals surface area contributed by atoms with Crippen LogP contribution >= 0.6 is 0 Å². The molecule has 0 aliphatic carbocycles. The van der Waals surface area contributed by atoms with Crippen molar-refractivity contribution in [2.75, 3.05) is 27.4 Å². The highest BCUT2D eigenvalue weighted by Gasteiger charge is 2.27. The number of methoxy groups -OCH3 is 2. The zero-order valence-electron chi connectivity index (χ0n) is 17.8. The molecular formula is C24H22N2O6. The summed E-state index contributed by atoms with van der Waals surface area (Å²) in [6, 6.07) is 14.2. The average Bonchev–Trinajstić information content (AvgIpc) is 3.26. The third-order valence-electron chi connectivity index (χ3n) is 5.32. The van der Waals surface area contributed by atoms with E-state index in [2.05, 4.69) is 4.98 Å². The van der Waals surface area contributed by atoms with Crippen molar-refractivity contribution in [1.29, 1.82) is 0 Å².